The Hall–Kier alpha value is -3.21. The zero-order valence-electron chi connectivity index (χ0n) is 18.7. The number of aryl methyl sites for hydroxylation is 1. The van der Waals surface area contributed by atoms with Gasteiger partial charge < -0.3 is 15.0 Å². The molecule has 2 fully saturated rings. The summed E-state index contributed by atoms with van der Waals surface area (Å²) >= 11 is 0. The zero-order valence-corrected chi connectivity index (χ0v) is 18.7. The maximum atomic E-state index is 14.0. The fraction of sp³-hybridized carbons (Fsp3) is 0.500. The normalized spacial score (nSPS) is 18.8. The molecule has 1 saturated heterocycles. The van der Waals surface area contributed by atoms with Gasteiger partial charge in [0.15, 0.2) is 11.6 Å². The van der Waals surface area contributed by atoms with Gasteiger partial charge in [-0.05, 0) is 26.2 Å². The smallest absolute Gasteiger partial charge is 0.303 e. The Labute approximate surface area is 189 Å². The van der Waals surface area contributed by atoms with E-state index in [1.165, 1.54) is 11.6 Å². The number of amides is 1. The summed E-state index contributed by atoms with van der Waals surface area (Å²) in [6, 6.07) is 3.27. The predicted octanol–water partition coefficient (Wildman–Crippen LogP) is 3.35. The van der Waals surface area contributed by atoms with E-state index in [4.69, 9.17) is 9.84 Å². The number of rotatable bonds is 6. The van der Waals surface area contributed by atoms with Crippen LogP contribution < -0.4 is 10.2 Å². The first-order chi connectivity index (χ1) is 15.7. The van der Waals surface area contributed by atoms with Crippen LogP contribution in [0.4, 0.5) is 20.4 Å². The lowest BCUT2D eigenvalue weighted by Crippen LogP contribution is -2.24. The van der Waals surface area contributed by atoms with Gasteiger partial charge in [0.2, 0.25) is 11.7 Å². The highest BCUT2D eigenvalue weighted by Gasteiger charge is 2.33. The van der Waals surface area contributed by atoms with Crippen molar-refractivity contribution >= 4 is 28.4 Å². The zero-order chi connectivity index (χ0) is 23.3. The Bertz CT molecular complexity index is 1220. The van der Waals surface area contributed by atoms with Crippen molar-refractivity contribution in [3.8, 4) is 5.82 Å². The third-order valence-electron chi connectivity index (χ3n) is 5.65. The number of alkyl halides is 2. The predicted molar refractivity (Wildman–Crippen MR) is 118 cm³/mol. The van der Waals surface area contributed by atoms with Gasteiger partial charge in [0, 0.05) is 51.0 Å². The number of carbonyl (C=O) groups is 1. The first kappa shape index (κ1) is 21.6. The Kier molecular flexibility index (Phi) is 5.23. The van der Waals surface area contributed by atoms with Gasteiger partial charge in [-0.3, -0.25) is 4.79 Å². The number of ether oxygens (including phenoxy) is 1. The lowest BCUT2D eigenvalue weighted by atomic mass is 10.3. The van der Waals surface area contributed by atoms with Crippen molar-refractivity contribution in [2.45, 2.75) is 58.2 Å². The molecule has 2 aliphatic rings. The summed E-state index contributed by atoms with van der Waals surface area (Å²) in [6.07, 6.45) is 5.25. The Morgan fingerprint density at radius 3 is 2.70 bits per heavy atom. The molecule has 5 rings (SSSR count). The van der Waals surface area contributed by atoms with Gasteiger partial charge in [0.1, 0.15) is 5.82 Å². The third-order valence-corrected chi connectivity index (χ3v) is 5.65. The van der Waals surface area contributed by atoms with Crippen molar-refractivity contribution in [1.82, 2.24) is 24.7 Å². The lowest BCUT2D eigenvalue weighted by Gasteiger charge is -2.16. The van der Waals surface area contributed by atoms with Crippen LogP contribution in [0.1, 0.15) is 44.6 Å². The minimum Gasteiger partial charge on any atom is -0.373 e. The summed E-state index contributed by atoms with van der Waals surface area (Å²) in [5, 5.41) is 8.15. The van der Waals surface area contributed by atoms with Crippen LogP contribution >= 0.6 is 0 Å². The standard InChI is InChI=1S/C22H25F2N7O2/c1-12-8-19(28-21(26-12)22(3,23)24)31-17-9-18(27-13(2)32)25-10-16(17)20(29-31)30-7-6-15(11-30)33-14-4-5-14/h8-10,14-15H,4-7,11H2,1-3H3,(H,25,27,32). The van der Waals surface area contributed by atoms with E-state index in [0.717, 1.165) is 38.1 Å². The van der Waals surface area contributed by atoms with Crippen molar-refractivity contribution in [2.24, 2.45) is 0 Å². The van der Waals surface area contributed by atoms with Crippen molar-refractivity contribution in [1.29, 1.82) is 0 Å². The van der Waals surface area contributed by atoms with E-state index in [2.05, 4.69) is 25.2 Å². The van der Waals surface area contributed by atoms with E-state index in [1.54, 1.807) is 25.3 Å². The van der Waals surface area contributed by atoms with Gasteiger partial charge in [0.25, 0.3) is 0 Å². The second-order valence-corrected chi connectivity index (χ2v) is 8.77. The van der Waals surface area contributed by atoms with E-state index in [-0.39, 0.29) is 17.8 Å². The van der Waals surface area contributed by atoms with Gasteiger partial charge in [-0.1, -0.05) is 0 Å². The average Bonchev–Trinajstić information content (AvgIpc) is 3.28. The molecular weight excluding hydrogens is 432 g/mol. The maximum Gasteiger partial charge on any atom is 0.303 e. The monoisotopic (exact) mass is 457 g/mol. The summed E-state index contributed by atoms with van der Waals surface area (Å²) in [5.41, 5.74) is 0.996. The minimum absolute atomic E-state index is 0.135. The van der Waals surface area contributed by atoms with Gasteiger partial charge in [0.05, 0.1) is 23.1 Å². The number of nitrogens with one attached hydrogen (secondary N) is 1. The number of aromatic nitrogens is 5. The first-order valence-corrected chi connectivity index (χ1v) is 11.0. The van der Waals surface area contributed by atoms with Crippen molar-refractivity contribution in [2.75, 3.05) is 23.3 Å². The highest BCUT2D eigenvalue weighted by molar-refractivity contribution is 5.95. The van der Waals surface area contributed by atoms with Crippen molar-refractivity contribution in [3.05, 3.63) is 29.8 Å². The molecule has 0 aromatic carbocycles. The molecular formula is C22H25F2N7O2. The summed E-state index contributed by atoms with van der Waals surface area (Å²) in [7, 11) is 0. The van der Waals surface area contributed by atoms with Crippen LogP contribution in [0.2, 0.25) is 0 Å². The van der Waals surface area contributed by atoms with E-state index < -0.39 is 11.7 Å². The molecule has 0 bridgehead atoms. The van der Waals surface area contributed by atoms with E-state index in [9.17, 15) is 13.6 Å². The molecule has 1 N–H and O–H groups in total. The van der Waals surface area contributed by atoms with E-state index in [0.29, 0.717) is 35.5 Å². The molecule has 1 amide bonds. The van der Waals surface area contributed by atoms with E-state index >= 15 is 0 Å². The van der Waals surface area contributed by atoms with Crippen LogP contribution in [0, 0.1) is 6.92 Å². The average molecular weight is 457 g/mol. The summed E-state index contributed by atoms with van der Waals surface area (Å²) in [4.78, 5) is 26.0. The second-order valence-electron chi connectivity index (χ2n) is 8.77. The van der Waals surface area contributed by atoms with Crippen LogP contribution in [0.3, 0.4) is 0 Å². The van der Waals surface area contributed by atoms with Crippen LogP contribution in [0.15, 0.2) is 18.3 Å². The molecule has 1 aliphatic heterocycles. The van der Waals surface area contributed by atoms with Crippen LogP contribution in [-0.4, -0.2) is 55.9 Å². The van der Waals surface area contributed by atoms with Crippen LogP contribution in [0.5, 0.6) is 0 Å². The molecule has 3 aromatic rings. The SMILES string of the molecule is CC(=O)Nc1cc2c(cn1)c(N1CCC(OC3CC3)C1)nn2-c1cc(C)nc(C(C)(F)F)n1. The highest BCUT2D eigenvalue weighted by atomic mass is 19.3. The molecule has 1 saturated carbocycles. The number of carbonyl (C=O) groups excluding carboxylic acids is 1. The number of nitrogens with zero attached hydrogens (tertiary/aromatic N) is 6. The molecule has 33 heavy (non-hydrogen) atoms. The third kappa shape index (κ3) is 4.50. The van der Waals surface area contributed by atoms with Gasteiger partial charge in [-0.25, -0.2) is 19.6 Å². The highest BCUT2D eigenvalue weighted by Crippen LogP contribution is 2.34. The summed E-state index contributed by atoms with van der Waals surface area (Å²) < 4.78 is 35.6. The van der Waals surface area contributed by atoms with E-state index in [1.807, 2.05) is 0 Å². The molecule has 1 aliphatic carbocycles. The van der Waals surface area contributed by atoms with Crippen LogP contribution in [0.25, 0.3) is 16.7 Å². The Morgan fingerprint density at radius 2 is 2.00 bits per heavy atom. The van der Waals surface area contributed by atoms with Crippen LogP contribution in [-0.2, 0) is 15.5 Å². The van der Waals surface area contributed by atoms with Gasteiger partial charge in [-0.2, -0.15) is 8.78 Å². The lowest BCUT2D eigenvalue weighted by molar-refractivity contribution is -0.114. The van der Waals surface area contributed by atoms with Crippen molar-refractivity contribution < 1.29 is 18.3 Å². The Morgan fingerprint density at radius 1 is 1.21 bits per heavy atom. The molecule has 11 heteroatoms. The molecule has 1 atom stereocenters. The summed E-state index contributed by atoms with van der Waals surface area (Å²) in [5.74, 6) is -2.80. The number of fused-ring (bicyclic) bond motifs is 1. The largest absolute Gasteiger partial charge is 0.373 e. The second kappa shape index (κ2) is 7.98. The minimum atomic E-state index is -3.20. The molecule has 0 radical (unpaired) electrons. The molecule has 3 aromatic heterocycles. The fourth-order valence-electron chi connectivity index (χ4n) is 4.02. The molecule has 174 valence electrons. The maximum absolute atomic E-state index is 14.0. The number of hydrogen-bond donors (Lipinski definition) is 1. The molecule has 9 nitrogen and oxygen atoms in total. The number of anilines is 2. The van der Waals surface area contributed by atoms with Crippen molar-refractivity contribution in [3.63, 3.8) is 0 Å². The summed E-state index contributed by atoms with van der Waals surface area (Å²) in [6.45, 7) is 5.25. The van der Waals surface area contributed by atoms with Gasteiger partial charge in [-0.15, -0.1) is 5.10 Å². The first-order valence-electron chi connectivity index (χ1n) is 11.0. The fourth-order valence-corrected chi connectivity index (χ4v) is 4.02. The van der Waals surface area contributed by atoms with Gasteiger partial charge >= 0.3 is 5.92 Å². The number of pyridine rings is 1. The number of hydrogen-bond acceptors (Lipinski definition) is 7. The molecule has 1 unspecified atom stereocenters. The Balaban J connectivity index is 1.60. The quantitative estimate of drug-likeness (QED) is 0.606. The topological polar surface area (TPSA) is 98.1 Å². The number of halogens is 2. The molecule has 0 spiro atoms. The molecule has 4 heterocycles.